The van der Waals surface area contributed by atoms with E-state index in [0.717, 1.165) is 41.0 Å². The number of aromatic nitrogens is 1. The van der Waals surface area contributed by atoms with Gasteiger partial charge >= 0.3 is 5.97 Å². The lowest BCUT2D eigenvalue weighted by Crippen LogP contribution is -2.22. The Balaban J connectivity index is 1.41. The number of oxazole rings is 1. The Morgan fingerprint density at radius 2 is 1.74 bits per heavy atom. The number of aliphatic carboxylic acids is 1. The Bertz CT molecular complexity index is 1230. The van der Waals surface area contributed by atoms with E-state index in [4.69, 9.17) is 19.2 Å². The molecule has 6 heteroatoms. The molecule has 0 fully saturated rings. The van der Waals surface area contributed by atoms with Crippen LogP contribution in [0.25, 0.3) is 22.6 Å². The molecule has 1 N–H and O–H groups in total. The number of carbonyl (C=O) groups is 1. The van der Waals surface area contributed by atoms with Crippen LogP contribution in [0.3, 0.4) is 0 Å². The Kier molecular flexibility index (Phi) is 6.14. The van der Waals surface area contributed by atoms with Crippen LogP contribution >= 0.6 is 0 Å². The summed E-state index contributed by atoms with van der Waals surface area (Å²) in [4.78, 5) is 18.1. The first kappa shape index (κ1) is 21.9. The third kappa shape index (κ3) is 4.45. The molecule has 0 amide bonds. The Labute approximate surface area is 198 Å². The highest BCUT2D eigenvalue weighted by Gasteiger charge is 2.29. The summed E-state index contributed by atoms with van der Waals surface area (Å²) in [5, 5.41) is 8.97. The van der Waals surface area contributed by atoms with Crippen molar-refractivity contribution in [3.8, 4) is 28.3 Å². The maximum atomic E-state index is 10.9. The molecule has 1 aliphatic carbocycles. The van der Waals surface area contributed by atoms with Gasteiger partial charge in [0.1, 0.15) is 11.4 Å². The molecule has 0 saturated heterocycles. The molecule has 1 heterocycles. The van der Waals surface area contributed by atoms with E-state index in [0.29, 0.717) is 18.2 Å². The van der Waals surface area contributed by atoms with E-state index in [2.05, 4.69) is 18.0 Å². The van der Waals surface area contributed by atoms with Crippen molar-refractivity contribution in [2.24, 2.45) is 0 Å². The first-order valence-corrected chi connectivity index (χ1v) is 11.4. The molecule has 0 bridgehead atoms. The van der Waals surface area contributed by atoms with Gasteiger partial charge in [-0.3, -0.25) is 4.90 Å². The van der Waals surface area contributed by atoms with Gasteiger partial charge in [0.05, 0.1) is 6.54 Å². The fourth-order valence-corrected chi connectivity index (χ4v) is 4.66. The largest absolute Gasteiger partial charge is 0.482 e. The second-order valence-corrected chi connectivity index (χ2v) is 8.49. The van der Waals surface area contributed by atoms with Crippen LogP contribution in [-0.4, -0.2) is 34.6 Å². The zero-order valence-electron chi connectivity index (χ0n) is 19.0. The van der Waals surface area contributed by atoms with E-state index in [1.165, 1.54) is 5.56 Å². The third-order valence-electron chi connectivity index (χ3n) is 6.22. The second-order valence-electron chi connectivity index (χ2n) is 8.49. The van der Waals surface area contributed by atoms with Crippen molar-refractivity contribution in [3.63, 3.8) is 0 Å². The monoisotopic (exact) mass is 454 g/mol. The average molecular weight is 455 g/mol. The van der Waals surface area contributed by atoms with Crippen molar-refractivity contribution in [1.29, 1.82) is 0 Å². The topological polar surface area (TPSA) is 75.8 Å². The summed E-state index contributed by atoms with van der Waals surface area (Å²) in [7, 11) is 2.07. The minimum atomic E-state index is -0.975. The summed E-state index contributed by atoms with van der Waals surface area (Å²) < 4.78 is 11.8. The maximum absolute atomic E-state index is 10.9. The number of carboxylic acids is 1. The first-order chi connectivity index (χ1) is 16.6. The van der Waals surface area contributed by atoms with Crippen LogP contribution in [0.2, 0.25) is 0 Å². The molecule has 4 aromatic rings. The predicted octanol–water partition coefficient (Wildman–Crippen LogP) is 5.59. The second kappa shape index (κ2) is 9.53. The van der Waals surface area contributed by atoms with Gasteiger partial charge in [-0.2, -0.15) is 0 Å². The van der Waals surface area contributed by atoms with Crippen molar-refractivity contribution >= 4 is 5.97 Å². The molecule has 1 aromatic heterocycles. The molecule has 34 heavy (non-hydrogen) atoms. The smallest absolute Gasteiger partial charge is 0.341 e. The maximum Gasteiger partial charge on any atom is 0.341 e. The fourth-order valence-electron chi connectivity index (χ4n) is 4.66. The van der Waals surface area contributed by atoms with Gasteiger partial charge in [0, 0.05) is 17.2 Å². The number of nitrogens with zero attached hydrogens (tertiary/aromatic N) is 2. The van der Waals surface area contributed by atoms with Crippen molar-refractivity contribution in [1.82, 2.24) is 9.88 Å². The van der Waals surface area contributed by atoms with E-state index < -0.39 is 5.97 Å². The Morgan fingerprint density at radius 3 is 2.44 bits per heavy atom. The molecular weight excluding hydrogens is 428 g/mol. The van der Waals surface area contributed by atoms with Crippen molar-refractivity contribution < 1.29 is 19.1 Å². The van der Waals surface area contributed by atoms with E-state index >= 15 is 0 Å². The highest BCUT2D eigenvalue weighted by Crippen LogP contribution is 2.41. The van der Waals surface area contributed by atoms with Crippen molar-refractivity contribution in [3.05, 3.63) is 95.9 Å². The highest BCUT2D eigenvalue weighted by atomic mass is 16.5. The average Bonchev–Trinajstić information content (AvgIpc) is 3.49. The van der Waals surface area contributed by atoms with Crippen LogP contribution < -0.4 is 4.74 Å². The number of rotatable bonds is 8. The molecule has 0 spiro atoms. The van der Waals surface area contributed by atoms with E-state index in [1.54, 1.807) is 0 Å². The molecule has 0 radical (unpaired) electrons. The van der Waals surface area contributed by atoms with Gasteiger partial charge in [0.15, 0.2) is 12.4 Å². The zero-order valence-corrected chi connectivity index (χ0v) is 19.0. The number of carboxylic acid groups (broad SMARTS) is 1. The zero-order chi connectivity index (χ0) is 23.5. The molecule has 1 atom stereocenters. The lowest BCUT2D eigenvalue weighted by atomic mass is 10.1. The summed E-state index contributed by atoms with van der Waals surface area (Å²) in [6, 6.07) is 26.2. The van der Waals surface area contributed by atoms with Gasteiger partial charge in [-0.25, -0.2) is 9.78 Å². The summed E-state index contributed by atoms with van der Waals surface area (Å²) in [5.41, 5.74) is 5.11. The van der Waals surface area contributed by atoms with Crippen LogP contribution in [-0.2, 0) is 17.8 Å². The minimum absolute atomic E-state index is 0.177. The lowest BCUT2D eigenvalue weighted by Gasteiger charge is -2.24. The lowest BCUT2D eigenvalue weighted by molar-refractivity contribution is -0.139. The summed E-state index contributed by atoms with van der Waals surface area (Å²) >= 11 is 0. The van der Waals surface area contributed by atoms with Crippen LogP contribution in [0.4, 0.5) is 0 Å². The molecule has 172 valence electrons. The van der Waals surface area contributed by atoms with Crippen molar-refractivity contribution in [2.45, 2.75) is 25.4 Å². The Hall–Kier alpha value is -3.90. The van der Waals surface area contributed by atoms with Gasteiger partial charge in [0.25, 0.3) is 0 Å². The molecule has 3 aromatic carbocycles. The van der Waals surface area contributed by atoms with E-state index in [-0.39, 0.29) is 12.6 Å². The van der Waals surface area contributed by atoms with Gasteiger partial charge in [-0.1, -0.05) is 72.8 Å². The van der Waals surface area contributed by atoms with Gasteiger partial charge in [-0.15, -0.1) is 0 Å². The number of ether oxygens (including phenoxy) is 1. The molecular formula is C28H26N2O4. The van der Waals surface area contributed by atoms with Crippen LogP contribution in [0.5, 0.6) is 5.75 Å². The minimum Gasteiger partial charge on any atom is -0.482 e. The van der Waals surface area contributed by atoms with Gasteiger partial charge in [0.2, 0.25) is 5.89 Å². The summed E-state index contributed by atoms with van der Waals surface area (Å²) in [6.07, 6.45) is 1.77. The number of fused-ring (bicyclic) bond motifs is 1. The summed E-state index contributed by atoms with van der Waals surface area (Å²) in [6.45, 7) is 0.217. The third-order valence-corrected chi connectivity index (χ3v) is 6.22. The first-order valence-electron chi connectivity index (χ1n) is 11.4. The fraction of sp³-hybridized carbons (Fsp3) is 0.214. The summed E-state index contributed by atoms with van der Waals surface area (Å²) in [5.74, 6) is 1.11. The van der Waals surface area contributed by atoms with Crippen LogP contribution in [0.1, 0.15) is 29.5 Å². The SMILES string of the molecule is CN(Cc1nc(-c2ccccc2)c(-c2ccccc2)o1)C1CCc2c(OCC(=O)O)cccc21. The standard InChI is InChI=1S/C28H26N2O4/c1-30(23-16-15-22-21(23)13-8-14-24(22)33-18-26(31)32)17-25-29-27(19-9-4-2-5-10-19)28(34-25)20-11-6-3-7-12-20/h2-14,23H,15-18H2,1H3,(H,31,32). The van der Waals surface area contributed by atoms with E-state index in [1.807, 2.05) is 72.8 Å². The van der Waals surface area contributed by atoms with E-state index in [9.17, 15) is 4.79 Å². The highest BCUT2D eigenvalue weighted by molar-refractivity contribution is 5.76. The van der Waals surface area contributed by atoms with Crippen LogP contribution in [0.15, 0.2) is 83.3 Å². The molecule has 1 unspecified atom stereocenters. The molecule has 5 rings (SSSR count). The van der Waals surface area contributed by atoms with Crippen molar-refractivity contribution in [2.75, 3.05) is 13.7 Å². The number of benzene rings is 3. The molecule has 1 aliphatic rings. The number of hydrogen-bond donors (Lipinski definition) is 1. The molecule has 6 nitrogen and oxygen atoms in total. The Morgan fingerprint density at radius 1 is 1.03 bits per heavy atom. The normalized spacial score (nSPS) is 14.8. The molecule has 0 aliphatic heterocycles. The van der Waals surface area contributed by atoms with Crippen LogP contribution in [0, 0.1) is 0 Å². The molecule has 0 saturated carbocycles. The van der Waals surface area contributed by atoms with Gasteiger partial charge in [-0.05, 0) is 37.1 Å². The predicted molar refractivity (Wildman–Crippen MR) is 129 cm³/mol. The quantitative estimate of drug-likeness (QED) is 0.374. The number of hydrogen-bond acceptors (Lipinski definition) is 5. The van der Waals surface area contributed by atoms with Gasteiger partial charge < -0.3 is 14.3 Å².